The summed E-state index contributed by atoms with van der Waals surface area (Å²) in [4.78, 5) is 19.3. The smallest absolute Gasteiger partial charge is 0.253 e. The second-order valence-corrected chi connectivity index (χ2v) is 6.45. The Hall–Kier alpha value is -1.62. The van der Waals surface area contributed by atoms with Gasteiger partial charge in [0.05, 0.1) is 11.1 Å². The number of aromatic nitrogens is 1. The summed E-state index contributed by atoms with van der Waals surface area (Å²) in [5, 5.41) is 3.09. The van der Waals surface area contributed by atoms with Gasteiger partial charge < -0.3 is 16.0 Å². The van der Waals surface area contributed by atoms with Crippen LogP contribution in [0.5, 0.6) is 0 Å². The van der Waals surface area contributed by atoms with Crippen LogP contribution in [0.25, 0.3) is 0 Å². The van der Waals surface area contributed by atoms with Crippen molar-refractivity contribution in [3.8, 4) is 0 Å². The monoisotopic (exact) mass is 318 g/mol. The molecule has 128 valence electrons. The molecular formula is C18H30N4O. The predicted octanol–water partition coefficient (Wildman–Crippen LogP) is 2.71. The Morgan fingerprint density at radius 1 is 1.22 bits per heavy atom. The van der Waals surface area contributed by atoms with Crippen molar-refractivity contribution in [3.05, 3.63) is 23.9 Å². The van der Waals surface area contributed by atoms with Crippen LogP contribution >= 0.6 is 0 Å². The summed E-state index contributed by atoms with van der Waals surface area (Å²) < 4.78 is 0. The minimum absolute atomic E-state index is 0.0888. The highest BCUT2D eigenvalue weighted by molar-refractivity contribution is 5.94. The first-order valence-corrected chi connectivity index (χ1v) is 8.87. The fraction of sp³-hybridized carbons (Fsp3) is 0.667. The van der Waals surface area contributed by atoms with E-state index < -0.39 is 0 Å². The number of rotatable bonds is 6. The molecule has 1 aromatic rings. The summed E-state index contributed by atoms with van der Waals surface area (Å²) in [6.07, 6.45) is 8.36. The maximum absolute atomic E-state index is 12.5. The van der Waals surface area contributed by atoms with E-state index >= 15 is 0 Å². The number of nitrogens with zero attached hydrogens (tertiary/aromatic N) is 2. The summed E-state index contributed by atoms with van der Waals surface area (Å²) in [6, 6.07) is 3.83. The fourth-order valence-electron chi connectivity index (χ4n) is 3.09. The van der Waals surface area contributed by atoms with Crippen LogP contribution < -0.4 is 16.0 Å². The van der Waals surface area contributed by atoms with Gasteiger partial charge in [-0.15, -0.1) is 0 Å². The third-order valence-corrected chi connectivity index (χ3v) is 5.06. The Bertz CT molecular complexity index is 480. The lowest BCUT2D eigenvalue weighted by Crippen LogP contribution is -2.52. The van der Waals surface area contributed by atoms with Gasteiger partial charge in [0, 0.05) is 25.8 Å². The van der Waals surface area contributed by atoms with Gasteiger partial charge in [0.1, 0.15) is 5.82 Å². The van der Waals surface area contributed by atoms with Crippen LogP contribution in [-0.4, -0.2) is 36.1 Å². The van der Waals surface area contributed by atoms with Gasteiger partial charge in [0.2, 0.25) is 0 Å². The van der Waals surface area contributed by atoms with Crippen molar-refractivity contribution in [2.75, 3.05) is 24.5 Å². The molecule has 1 amide bonds. The molecule has 0 atom stereocenters. The van der Waals surface area contributed by atoms with Crippen molar-refractivity contribution in [2.45, 2.75) is 57.9 Å². The van der Waals surface area contributed by atoms with Crippen LogP contribution in [0.15, 0.2) is 18.3 Å². The molecule has 0 spiro atoms. The zero-order chi connectivity index (χ0) is 16.7. The standard InChI is InChI=1S/C18H30N4O/c1-3-18(4-2,14-19)21-17(23)15-9-10-16(20-13-15)22-11-7-5-6-8-12-22/h9-10,13H,3-8,11-12,14,19H2,1-2H3,(H,21,23). The zero-order valence-electron chi connectivity index (χ0n) is 14.5. The number of hydrogen-bond donors (Lipinski definition) is 2. The van der Waals surface area contributed by atoms with Crippen molar-refractivity contribution in [3.63, 3.8) is 0 Å². The number of carbonyl (C=O) groups excluding carboxylic acids is 1. The van der Waals surface area contributed by atoms with E-state index in [0.717, 1.165) is 31.7 Å². The van der Waals surface area contributed by atoms with Crippen molar-refractivity contribution in [1.29, 1.82) is 0 Å². The zero-order valence-corrected chi connectivity index (χ0v) is 14.5. The number of pyridine rings is 1. The second kappa shape index (κ2) is 8.29. The lowest BCUT2D eigenvalue weighted by atomic mass is 9.92. The van der Waals surface area contributed by atoms with Gasteiger partial charge in [0.15, 0.2) is 0 Å². The lowest BCUT2D eigenvalue weighted by molar-refractivity contribution is 0.0895. The van der Waals surface area contributed by atoms with Crippen LogP contribution in [0.2, 0.25) is 0 Å². The van der Waals surface area contributed by atoms with Crippen molar-refractivity contribution >= 4 is 11.7 Å². The first-order chi connectivity index (χ1) is 11.1. The molecule has 1 aliphatic heterocycles. The third kappa shape index (κ3) is 4.44. The molecule has 2 rings (SSSR count). The Morgan fingerprint density at radius 2 is 1.87 bits per heavy atom. The number of carbonyl (C=O) groups is 1. The Morgan fingerprint density at radius 3 is 2.35 bits per heavy atom. The molecule has 0 aromatic carbocycles. The van der Waals surface area contributed by atoms with E-state index in [2.05, 4.69) is 29.0 Å². The maximum atomic E-state index is 12.5. The van der Waals surface area contributed by atoms with Gasteiger partial charge in [-0.3, -0.25) is 4.79 Å². The average Bonchev–Trinajstić information content (AvgIpc) is 2.89. The molecule has 0 bridgehead atoms. The Labute approximate surface area is 139 Å². The average molecular weight is 318 g/mol. The Kier molecular flexibility index (Phi) is 6.39. The SMILES string of the molecule is CCC(CC)(CN)NC(=O)c1ccc(N2CCCCCC2)nc1. The minimum atomic E-state index is -0.319. The molecule has 23 heavy (non-hydrogen) atoms. The van der Waals surface area contributed by atoms with Crippen molar-refractivity contribution in [1.82, 2.24) is 10.3 Å². The van der Waals surface area contributed by atoms with Crippen molar-refractivity contribution < 1.29 is 4.79 Å². The number of hydrogen-bond acceptors (Lipinski definition) is 4. The second-order valence-electron chi connectivity index (χ2n) is 6.45. The quantitative estimate of drug-likeness (QED) is 0.846. The normalized spacial score (nSPS) is 16.0. The van der Waals surface area contributed by atoms with E-state index in [-0.39, 0.29) is 11.4 Å². The number of nitrogens with two attached hydrogens (primary N) is 1. The van der Waals surface area contributed by atoms with E-state index in [0.29, 0.717) is 12.1 Å². The molecule has 3 N–H and O–H groups in total. The van der Waals surface area contributed by atoms with Gasteiger partial charge in [-0.1, -0.05) is 26.7 Å². The molecule has 5 nitrogen and oxygen atoms in total. The van der Waals surface area contributed by atoms with Crippen LogP contribution in [0, 0.1) is 0 Å². The van der Waals surface area contributed by atoms with Gasteiger partial charge >= 0.3 is 0 Å². The molecule has 0 unspecified atom stereocenters. The molecular weight excluding hydrogens is 288 g/mol. The molecule has 0 saturated carbocycles. The van der Waals surface area contributed by atoms with E-state index in [1.807, 2.05) is 12.1 Å². The molecule has 1 saturated heterocycles. The van der Waals surface area contributed by atoms with E-state index in [1.165, 1.54) is 25.7 Å². The maximum Gasteiger partial charge on any atom is 0.253 e. The highest BCUT2D eigenvalue weighted by Crippen LogP contribution is 2.18. The highest BCUT2D eigenvalue weighted by atomic mass is 16.1. The predicted molar refractivity (Wildman–Crippen MR) is 94.8 cm³/mol. The first-order valence-electron chi connectivity index (χ1n) is 8.87. The summed E-state index contributed by atoms with van der Waals surface area (Å²) >= 11 is 0. The van der Waals surface area contributed by atoms with Crippen LogP contribution in [0.1, 0.15) is 62.7 Å². The molecule has 1 aliphatic rings. The number of amides is 1. The lowest BCUT2D eigenvalue weighted by Gasteiger charge is -2.31. The minimum Gasteiger partial charge on any atom is -0.357 e. The van der Waals surface area contributed by atoms with Crippen LogP contribution in [0.3, 0.4) is 0 Å². The molecule has 0 radical (unpaired) electrons. The van der Waals surface area contributed by atoms with E-state index in [1.54, 1.807) is 6.20 Å². The third-order valence-electron chi connectivity index (χ3n) is 5.06. The largest absolute Gasteiger partial charge is 0.357 e. The number of nitrogens with one attached hydrogen (secondary N) is 1. The van der Waals surface area contributed by atoms with E-state index in [4.69, 9.17) is 5.73 Å². The van der Waals surface area contributed by atoms with Crippen molar-refractivity contribution in [2.24, 2.45) is 5.73 Å². The first kappa shape index (κ1) is 17.7. The van der Waals surface area contributed by atoms with Gasteiger partial charge in [0.25, 0.3) is 5.91 Å². The molecule has 1 fully saturated rings. The van der Waals surface area contributed by atoms with Gasteiger partial charge in [-0.05, 0) is 37.8 Å². The fourth-order valence-corrected chi connectivity index (χ4v) is 3.09. The van der Waals surface area contributed by atoms with Crippen LogP contribution in [-0.2, 0) is 0 Å². The molecule has 5 heteroatoms. The van der Waals surface area contributed by atoms with Gasteiger partial charge in [-0.25, -0.2) is 4.98 Å². The van der Waals surface area contributed by atoms with E-state index in [9.17, 15) is 4.79 Å². The number of anilines is 1. The summed E-state index contributed by atoms with van der Waals surface area (Å²) in [7, 11) is 0. The van der Waals surface area contributed by atoms with Crippen LogP contribution in [0.4, 0.5) is 5.82 Å². The highest BCUT2D eigenvalue weighted by Gasteiger charge is 2.26. The molecule has 2 heterocycles. The molecule has 0 aliphatic carbocycles. The summed E-state index contributed by atoms with van der Waals surface area (Å²) in [6.45, 7) is 6.67. The summed E-state index contributed by atoms with van der Waals surface area (Å²) in [5.41, 5.74) is 6.14. The Balaban J connectivity index is 2.05. The van der Waals surface area contributed by atoms with Gasteiger partial charge in [-0.2, -0.15) is 0 Å². The molecule has 1 aromatic heterocycles. The summed E-state index contributed by atoms with van der Waals surface area (Å²) in [5.74, 6) is 0.883. The topological polar surface area (TPSA) is 71.2 Å².